The SMILES string of the molecule is N#C/C(=C\c1ccc(-c2ccccc2C(=O)O)o1)C(=O)Nc1ccc(O)cc1. The third-order valence-corrected chi connectivity index (χ3v) is 3.83. The number of hydrogen-bond acceptors (Lipinski definition) is 5. The minimum Gasteiger partial charge on any atom is -0.508 e. The van der Waals surface area contributed by atoms with Crippen molar-refractivity contribution < 1.29 is 24.2 Å². The van der Waals surface area contributed by atoms with Gasteiger partial charge < -0.3 is 19.9 Å². The molecular weight excluding hydrogens is 360 g/mol. The molecular formula is C21H14N2O5. The fraction of sp³-hybridized carbons (Fsp3) is 0. The van der Waals surface area contributed by atoms with Gasteiger partial charge in [-0.25, -0.2) is 4.79 Å². The zero-order valence-electron chi connectivity index (χ0n) is 14.4. The lowest BCUT2D eigenvalue weighted by Crippen LogP contribution is -2.13. The fourth-order valence-electron chi connectivity index (χ4n) is 2.49. The normalized spacial score (nSPS) is 10.9. The number of carbonyl (C=O) groups is 2. The van der Waals surface area contributed by atoms with Crippen LogP contribution in [0.2, 0.25) is 0 Å². The van der Waals surface area contributed by atoms with Crippen molar-refractivity contribution >= 4 is 23.6 Å². The van der Waals surface area contributed by atoms with Gasteiger partial charge in [0, 0.05) is 17.3 Å². The smallest absolute Gasteiger partial charge is 0.336 e. The van der Waals surface area contributed by atoms with Gasteiger partial charge in [0.05, 0.1) is 5.56 Å². The van der Waals surface area contributed by atoms with Gasteiger partial charge in [-0.1, -0.05) is 18.2 Å². The molecule has 138 valence electrons. The van der Waals surface area contributed by atoms with Crippen molar-refractivity contribution in [1.82, 2.24) is 0 Å². The van der Waals surface area contributed by atoms with Gasteiger partial charge in [-0.15, -0.1) is 0 Å². The fourth-order valence-corrected chi connectivity index (χ4v) is 2.49. The number of carbonyl (C=O) groups excluding carboxylic acids is 1. The number of furan rings is 1. The monoisotopic (exact) mass is 374 g/mol. The summed E-state index contributed by atoms with van der Waals surface area (Å²) in [4.78, 5) is 23.6. The molecule has 0 saturated carbocycles. The number of aromatic carboxylic acids is 1. The molecule has 0 aliphatic rings. The minimum absolute atomic E-state index is 0.0544. The average molecular weight is 374 g/mol. The van der Waals surface area contributed by atoms with Crippen molar-refractivity contribution in [2.45, 2.75) is 0 Å². The van der Waals surface area contributed by atoms with Crippen LogP contribution >= 0.6 is 0 Å². The van der Waals surface area contributed by atoms with Crippen LogP contribution in [0.25, 0.3) is 17.4 Å². The Morgan fingerprint density at radius 1 is 1.04 bits per heavy atom. The zero-order chi connectivity index (χ0) is 20.1. The summed E-state index contributed by atoms with van der Waals surface area (Å²) in [5.74, 6) is -1.14. The van der Waals surface area contributed by atoms with E-state index in [-0.39, 0.29) is 22.6 Å². The average Bonchev–Trinajstić information content (AvgIpc) is 3.16. The molecule has 0 fully saturated rings. The van der Waals surface area contributed by atoms with E-state index in [0.717, 1.165) is 0 Å². The summed E-state index contributed by atoms with van der Waals surface area (Å²) >= 11 is 0. The second-order valence-corrected chi connectivity index (χ2v) is 5.72. The third kappa shape index (κ3) is 4.08. The molecule has 3 N–H and O–H groups in total. The lowest BCUT2D eigenvalue weighted by atomic mass is 10.1. The summed E-state index contributed by atoms with van der Waals surface area (Å²) in [5, 5.41) is 30.4. The first-order valence-corrected chi connectivity index (χ1v) is 8.12. The van der Waals surface area contributed by atoms with E-state index in [4.69, 9.17) is 4.42 Å². The Hall–Kier alpha value is -4.31. The molecule has 1 amide bonds. The van der Waals surface area contributed by atoms with Gasteiger partial charge in [-0.2, -0.15) is 5.26 Å². The van der Waals surface area contributed by atoms with Crippen LogP contribution in [0.3, 0.4) is 0 Å². The van der Waals surface area contributed by atoms with E-state index in [0.29, 0.717) is 17.0 Å². The highest BCUT2D eigenvalue weighted by Gasteiger charge is 2.15. The first-order chi connectivity index (χ1) is 13.5. The molecule has 0 saturated heterocycles. The van der Waals surface area contributed by atoms with Gasteiger partial charge >= 0.3 is 5.97 Å². The largest absolute Gasteiger partial charge is 0.508 e. The van der Waals surface area contributed by atoms with Gasteiger partial charge in [-0.3, -0.25) is 4.79 Å². The molecule has 0 unspecified atom stereocenters. The number of carboxylic acids is 1. The topological polar surface area (TPSA) is 124 Å². The van der Waals surface area contributed by atoms with Gasteiger partial charge in [0.25, 0.3) is 5.91 Å². The first-order valence-electron chi connectivity index (χ1n) is 8.12. The Balaban J connectivity index is 1.85. The highest BCUT2D eigenvalue weighted by atomic mass is 16.4. The van der Waals surface area contributed by atoms with Crippen LogP contribution in [0.1, 0.15) is 16.1 Å². The van der Waals surface area contributed by atoms with Crippen molar-refractivity contribution in [3.05, 3.63) is 77.6 Å². The molecule has 0 aliphatic carbocycles. The van der Waals surface area contributed by atoms with Crippen LogP contribution in [0.4, 0.5) is 5.69 Å². The predicted molar refractivity (Wildman–Crippen MR) is 101 cm³/mol. The van der Waals surface area contributed by atoms with E-state index in [1.54, 1.807) is 36.4 Å². The second-order valence-electron chi connectivity index (χ2n) is 5.72. The Morgan fingerprint density at radius 3 is 2.43 bits per heavy atom. The minimum atomic E-state index is -1.09. The molecule has 1 heterocycles. The predicted octanol–water partition coefficient (Wildman–Crippen LogP) is 3.90. The quantitative estimate of drug-likeness (QED) is 0.353. The molecule has 2 aromatic carbocycles. The summed E-state index contributed by atoms with van der Waals surface area (Å²) in [6.45, 7) is 0. The third-order valence-electron chi connectivity index (χ3n) is 3.83. The number of nitrogens with zero attached hydrogens (tertiary/aromatic N) is 1. The zero-order valence-corrected chi connectivity index (χ0v) is 14.4. The maximum Gasteiger partial charge on any atom is 0.336 e. The van der Waals surface area contributed by atoms with Crippen LogP contribution in [0, 0.1) is 11.3 Å². The summed E-state index contributed by atoms with van der Waals surface area (Å²) in [6, 6.07) is 17.1. The Bertz CT molecular complexity index is 1100. The number of hydrogen-bond donors (Lipinski definition) is 3. The summed E-state index contributed by atoms with van der Waals surface area (Å²) in [7, 11) is 0. The summed E-state index contributed by atoms with van der Waals surface area (Å²) in [5.41, 5.74) is 0.694. The van der Waals surface area contributed by atoms with Crippen molar-refractivity contribution in [2.24, 2.45) is 0 Å². The van der Waals surface area contributed by atoms with Gasteiger partial charge in [0.15, 0.2) is 0 Å². The van der Waals surface area contributed by atoms with E-state index in [1.807, 2.05) is 0 Å². The van der Waals surface area contributed by atoms with Crippen LogP contribution in [-0.4, -0.2) is 22.1 Å². The number of nitrogens with one attached hydrogen (secondary N) is 1. The molecule has 3 aromatic rings. The van der Waals surface area contributed by atoms with Crippen molar-refractivity contribution in [1.29, 1.82) is 5.26 Å². The van der Waals surface area contributed by atoms with Crippen LogP contribution in [-0.2, 0) is 4.79 Å². The molecule has 0 atom stereocenters. The Morgan fingerprint density at radius 2 is 1.75 bits per heavy atom. The molecule has 0 bridgehead atoms. The maximum absolute atomic E-state index is 12.3. The van der Waals surface area contributed by atoms with E-state index >= 15 is 0 Å². The number of anilines is 1. The number of amides is 1. The molecule has 0 spiro atoms. The standard InChI is InChI=1S/C21H14N2O5/c22-12-13(20(25)23-14-5-7-15(24)8-6-14)11-16-9-10-19(28-16)17-3-1-2-4-18(17)21(26)27/h1-11,24H,(H,23,25)(H,26,27)/b13-11+. The lowest BCUT2D eigenvalue weighted by molar-refractivity contribution is -0.112. The Labute approximate surface area is 159 Å². The van der Waals surface area contributed by atoms with Crippen molar-refractivity contribution in [2.75, 3.05) is 5.32 Å². The summed E-state index contributed by atoms with van der Waals surface area (Å²) < 4.78 is 5.61. The number of phenols is 1. The number of phenolic OH excluding ortho intramolecular Hbond substituents is 1. The molecule has 7 heteroatoms. The van der Waals surface area contributed by atoms with Crippen molar-refractivity contribution in [3.63, 3.8) is 0 Å². The van der Waals surface area contributed by atoms with Crippen LogP contribution in [0.15, 0.2) is 70.7 Å². The van der Waals surface area contributed by atoms with Gasteiger partial charge in [-0.05, 0) is 42.5 Å². The highest BCUT2D eigenvalue weighted by Crippen LogP contribution is 2.27. The molecule has 0 radical (unpaired) electrons. The van der Waals surface area contributed by atoms with E-state index < -0.39 is 11.9 Å². The van der Waals surface area contributed by atoms with Crippen molar-refractivity contribution in [3.8, 4) is 23.1 Å². The number of aromatic hydroxyl groups is 1. The highest BCUT2D eigenvalue weighted by molar-refractivity contribution is 6.09. The van der Waals surface area contributed by atoms with E-state index in [1.165, 1.54) is 36.4 Å². The maximum atomic E-state index is 12.3. The van der Waals surface area contributed by atoms with E-state index in [2.05, 4.69) is 5.32 Å². The molecule has 3 rings (SSSR count). The Kier molecular flexibility index (Phi) is 5.23. The number of benzene rings is 2. The second kappa shape index (κ2) is 7.93. The molecule has 28 heavy (non-hydrogen) atoms. The number of carboxylic acid groups (broad SMARTS) is 1. The van der Waals surface area contributed by atoms with Crippen LogP contribution < -0.4 is 5.32 Å². The van der Waals surface area contributed by atoms with Crippen LogP contribution in [0.5, 0.6) is 5.75 Å². The van der Waals surface area contributed by atoms with Gasteiger partial charge in [0.1, 0.15) is 28.9 Å². The molecule has 7 nitrogen and oxygen atoms in total. The lowest BCUT2D eigenvalue weighted by Gasteiger charge is -2.04. The van der Waals surface area contributed by atoms with E-state index in [9.17, 15) is 25.1 Å². The molecule has 1 aromatic heterocycles. The number of rotatable bonds is 5. The summed E-state index contributed by atoms with van der Waals surface area (Å²) in [6.07, 6.45) is 1.27. The molecule has 0 aliphatic heterocycles. The first kappa shape index (κ1) is 18.5. The van der Waals surface area contributed by atoms with Gasteiger partial charge in [0.2, 0.25) is 0 Å². The number of nitriles is 1.